The normalized spacial score (nSPS) is 32.1. The molecular formula is C28H33N5O3. The van der Waals surface area contributed by atoms with Crippen molar-refractivity contribution in [1.82, 2.24) is 9.97 Å². The molecule has 0 unspecified atom stereocenters. The summed E-state index contributed by atoms with van der Waals surface area (Å²) < 4.78 is 5.39. The number of hydrogen-bond donors (Lipinski definition) is 1. The van der Waals surface area contributed by atoms with Gasteiger partial charge in [0.05, 0.1) is 23.7 Å². The maximum Gasteiger partial charge on any atom is 0.415 e. The Hall–Kier alpha value is -3.16. The van der Waals surface area contributed by atoms with Crippen molar-refractivity contribution in [3.8, 4) is 0 Å². The number of pyridine rings is 2. The summed E-state index contributed by atoms with van der Waals surface area (Å²) in [6, 6.07) is 7.61. The molecule has 36 heavy (non-hydrogen) atoms. The Morgan fingerprint density at radius 3 is 2.53 bits per heavy atom. The van der Waals surface area contributed by atoms with Crippen LogP contribution in [-0.2, 0) is 16.1 Å². The molecule has 4 heterocycles. The van der Waals surface area contributed by atoms with Crippen LogP contribution in [0, 0.1) is 29.1 Å². The molecule has 0 aromatic carbocycles. The molecule has 4 bridgehead atoms. The zero-order chi connectivity index (χ0) is 24.6. The molecule has 0 radical (unpaired) electrons. The average molecular weight is 488 g/mol. The first-order valence-corrected chi connectivity index (χ1v) is 13.4. The molecule has 8 nitrogen and oxygen atoms in total. The number of carbonyl (C=O) groups is 2. The second-order valence-corrected chi connectivity index (χ2v) is 12.0. The van der Waals surface area contributed by atoms with E-state index in [9.17, 15) is 9.59 Å². The van der Waals surface area contributed by atoms with Crippen LogP contribution >= 0.6 is 0 Å². The van der Waals surface area contributed by atoms with Crippen molar-refractivity contribution in [2.45, 2.75) is 65.0 Å². The fraction of sp³-hybridized carbons (Fsp3) is 0.571. The van der Waals surface area contributed by atoms with Crippen LogP contribution in [0.2, 0.25) is 0 Å². The van der Waals surface area contributed by atoms with Gasteiger partial charge in [0.15, 0.2) is 5.82 Å². The first kappa shape index (κ1) is 22.1. The summed E-state index contributed by atoms with van der Waals surface area (Å²) in [5, 5.41) is 3.42. The Balaban J connectivity index is 1.32. The van der Waals surface area contributed by atoms with Crippen LogP contribution in [0.5, 0.6) is 0 Å². The van der Waals surface area contributed by atoms with Gasteiger partial charge in [0.25, 0.3) is 0 Å². The maximum absolute atomic E-state index is 14.6. The van der Waals surface area contributed by atoms with Crippen molar-refractivity contribution in [3.05, 3.63) is 36.0 Å². The third-order valence-electron chi connectivity index (χ3n) is 9.25. The van der Waals surface area contributed by atoms with Gasteiger partial charge >= 0.3 is 6.09 Å². The van der Waals surface area contributed by atoms with E-state index in [0.717, 1.165) is 36.3 Å². The van der Waals surface area contributed by atoms with Gasteiger partial charge in [-0.25, -0.2) is 14.8 Å². The van der Waals surface area contributed by atoms with Crippen molar-refractivity contribution >= 4 is 35.1 Å². The van der Waals surface area contributed by atoms with E-state index >= 15 is 0 Å². The van der Waals surface area contributed by atoms with Crippen molar-refractivity contribution in [1.29, 1.82) is 0 Å². The number of cyclic esters (lactones) is 1. The summed E-state index contributed by atoms with van der Waals surface area (Å²) in [4.78, 5) is 40.4. The molecule has 0 spiro atoms. The van der Waals surface area contributed by atoms with E-state index in [1.54, 1.807) is 11.1 Å². The van der Waals surface area contributed by atoms with Crippen LogP contribution in [0.4, 0.5) is 27.9 Å². The van der Waals surface area contributed by atoms with E-state index in [0.29, 0.717) is 42.5 Å². The number of nitrogens with one attached hydrogen (secondary N) is 1. The number of carbonyl (C=O) groups excluding carboxylic acids is 2. The smallest absolute Gasteiger partial charge is 0.415 e. The van der Waals surface area contributed by atoms with Gasteiger partial charge in [0, 0.05) is 11.8 Å². The third kappa shape index (κ3) is 3.33. The Labute approximate surface area is 211 Å². The molecule has 8 heteroatoms. The molecular weight excluding hydrogens is 454 g/mol. The summed E-state index contributed by atoms with van der Waals surface area (Å²) >= 11 is 0. The highest BCUT2D eigenvalue weighted by molar-refractivity contribution is 6.01. The highest BCUT2D eigenvalue weighted by atomic mass is 16.6. The summed E-state index contributed by atoms with van der Waals surface area (Å²) in [6.07, 6.45) is 8.21. The van der Waals surface area contributed by atoms with Gasteiger partial charge in [0.2, 0.25) is 5.91 Å². The number of amides is 2. The summed E-state index contributed by atoms with van der Waals surface area (Å²) in [5.74, 6) is 4.27. The van der Waals surface area contributed by atoms with E-state index in [1.807, 2.05) is 29.2 Å². The molecule has 2 aromatic heterocycles. The number of fused-ring (bicyclic) bond motifs is 2. The lowest BCUT2D eigenvalue weighted by Crippen LogP contribution is -2.54. The molecule has 2 aliphatic heterocycles. The minimum absolute atomic E-state index is 0.0899. The van der Waals surface area contributed by atoms with Crippen LogP contribution in [0.25, 0.3) is 0 Å². The van der Waals surface area contributed by atoms with Crippen molar-refractivity contribution in [2.75, 3.05) is 21.7 Å². The van der Waals surface area contributed by atoms with E-state index in [1.165, 1.54) is 19.3 Å². The van der Waals surface area contributed by atoms with Crippen LogP contribution < -0.4 is 15.1 Å². The number of nitrogens with zero attached hydrogens (tertiary/aromatic N) is 4. The largest absolute Gasteiger partial charge is 0.447 e. The van der Waals surface area contributed by atoms with Crippen LogP contribution in [0.15, 0.2) is 30.5 Å². The van der Waals surface area contributed by atoms with Gasteiger partial charge in [-0.1, -0.05) is 19.9 Å². The molecule has 4 aliphatic carbocycles. The minimum Gasteiger partial charge on any atom is -0.447 e. The zero-order valence-corrected chi connectivity index (χ0v) is 20.9. The fourth-order valence-electron chi connectivity index (χ4n) is 7.94. The molecule has 2 aromatic rings. The van der Waals surface area contributed by atoms with Crippen molar-refractivity contribution in [2.24, 2.45) is 29.1 Å². The van der Waals surface area contributed by atoms with Crippen molar-refractivity contribution < 1.29 is 14.3 Å². The molecule has 4 saturated carbocycles. The fourth-order valence-corrected chi connectivity index (χ4v) is 7.94. The maximum atomic E-state index is 14.6. The molecule has 1 saturated heterocycles. The molecule has 1 N–H and O–H groups in total. The molecule has 2 amide bonds. The molecule has 1 atom stereocenters. The average Bonchev–Trinajstić information content (AvgIpc) is 3.16. The van der Waals surface area contributed by atoms with Gasteiger partial charge in [-0.05, 0) is 80.4 Å². The molecule has 8 rings (SSSR count). The highest BCUT2D eigenvalue weighted by Crippen LogP contribution is 2.61. The third-order valence-corrected chi connectivity index (χ3v) is 9.25. The Bertz CT molecular complexity index is 1210. The van der Waals surface area contributed by atoms with Gasteiger partial charge in [-0.2, -0.15) is 0 Å². The Morgan fingerprint density at radius 1 is 1.11 bits per heavy atom. The summed E-state index contributed by atoms with van der Waals surface area (Å²) in [6.45, 7) is 4.92. The molecule has 6 aliphatic rings. The van der Waals surface area contributed by atoms with Gasteiger partial charge in [-0.15, -0.1) is 0 Å². The van der Waals surface area contributed by atoms with E-state index in [2.05, 4.69) is 24.1 Å². The lowest BCUT2D eigenvalue weighted by molar-refractivity contribution is -0.143. The van der Waals surface area contributed by atoms with Gasteiger partial charge in [-0.3, -0.25) is 14.6 Å². The van der Waals surface area contributed by atoms with Crippen LogP contribution in [0.3, 0.4) is 0 Å². The van der Waals surface area contributed by atoms with Crippen molar-refractivity contribution in [3.63, 3.8) is 0 Å². The predicted octanol–water partition coefficient (Wildman–Crippen LogP) is 5.26. The topological polar surface area (TPSA) is 87.7 Å². The second-order valence-electron chi connectivity index (χ2n) is 12.0. The van der Waals surface area contributed by atoms with E-state index in [-0.39, 0.29) is 29.4 Å². The summed E-state index contributed by atoms with van der Waals surface area (Å²) in [7, 11) is 0. The molecule has 5 fully saturated rings. The Morgan fingerprint density at radius 2 is 1.83 bits per heavy atom. The highest BCUT2D eigenvalue weighted by Gasteiger charge is 2.56. The SMILES string of the molecule is CC(C)[C@@H]1COC(=O)N1c1ccc2c(n1)N(C(=O)C13CC4CC(CC(C4)C1)C3)Cc1cccnc1N2. The quantitative estimate of drug-likeness (QED) is 0.635. The second kappa shape index (κ2) is 7.92. The lowest BCUT2D eigenvalue weighted by atomic mass is 9.49. The van der Waals surface area contributed by atoms with E-state index in [4.69, 9.17) is 9.72 Å². The first-order valence-electron chi connectivity index (χ1n) is 13.4. The number of hydrogen-bond acceptors (Lipinski definition) is 6. The van der Waals surface area contributed by atoms with E-state index < -0.39 is 0 Å². The number of aromatic nitrogens is 2. The van der Waals surface area contributed by atoms with Gasteiger partial charge < -0.3 is 10.1 Å². The molecule has 188 valence electrons. The predicted molar refractivity (Wildman–Crippen MR) is 136 cm³/mol. The lowest BCUT2D eigenvalue weighted by Gasteiger charge is -2.56. The van der Waals surface area contributed by atoms with Crippen LogP contribution in [0.1, 0.15) is 57.9 Å². The van der Waals surface area contributed by atoms with Crippen LogP contribution in [-0.4, -0.2) is 34.6 Å². The Kier molecular flexibility index (Phi) is 4.85. The number of ether oxygens (including phenoxy) is 1. The summed E-state index contributed by atoms with van der Waals surface area (Å²) in [5.41, 5.74) is 1.41. The monoisotopic (exact) mass is 487 g/mol. The standard InChI is InChI=1S/C28H33N5O3/c1-16(2)22-15-36-27(35)33(22)23-6-5-21-25(31-23)32(14-20-4-3-7-29-24(20)30-21)26(34)28-11-17-8-18(12-28)10-19(9-17)13-28/h3-7,16-19,22H,8-15H2,1-2H3,(H,29,30)/t17?,18?,19?,22-,28?/m0/s1. The first-order chi connectivity index (χ1) is 17.4. The van der Waals surface area contributed by atoms with Gasteiger partial charge in [0.1, 0.15) is 18.2 Å². The number of anilines is 4. The number of rotatable bonds is 3. The zero-order valence-electron chi connectivity index (χ0n) is 20.9. The minimum atomic E-state index is -0.383.